The third-order valence-corrected chi connectivity index (χ3v) is 6.61. The van der Waals surface area contributed by atoms with Gasteiger partial charge in [0.2, 0.25) is 10.0 Å². The van der Waals surface area contributed by atoms with Crippen LogP contribution < -0.4 is 14.8 Å². The quantitative estimate of drug-likeness (QED) is 0.319. The molecule has 2 N–H and O–H groups in total. The Bertz CT molecular complexity index is 1570. The number of aromatic nitrogens is 1. The highest BCUT2D eigenvalue weighted by Crippen LogP contribution is 2.38. The Balaban J connectivity index is 0.00000320. The molecule has 4 aromatic rings. The minimum absolute atomic E-state index is 0. The van der Waals surface area contributed by atoms with Crippen LogP contribution in [-0.2, 0) is 14.8 Å². The summed E-state index contributed by atoms with van der Waals surface area (Å²) in [5.74, 6) is 0.379. The fourth-order valence-electron chi connectivity index (χ4n) is 4.36. The van der Waals surface area contributed by atoms with Crippen LogP contribution in [-0.4, -0.2) is 63.9 Å². The Labute approximate surface area is 225 Å². The first-order valence-electron chi connectivity index (χ1n) is 11.5. The third kappa shape index (κ3) is 5.63. The van der Waals surface area contributed by atoms with E-state index in [4.69, 9.17) is 14.5 Å². The van der Waals surface area contributed by atoms with E-state index in [0.29, 0.717) is 54.5 Å². The van der Waals surface area contributed by atoms with Crippen molar-refractivity contribution >= 4 is 71.8 Å². The highest BCUT2D eigenvalue weighted by Gasteiger charge is 2.23. The van der Waals surface area contributed by atoms with Crippen LogP contribution in [0, 0.1) is 0 Å². The maximum atomic E-state index is 13.4. The number of halogens is 1. The molecule has 1 saturated heterocycles. The largest absolute Gasteiger partial charge is 0.494 e. The Morgan fingerprint density at radius 2 is 1.76 bits per heavy atom. The van der Waals surface area contributed by atoms with Gasteiger partial charge in [-0.1, -0.05) is 30.3 Å². The van der Waals surface area contributed by atoms with Crippen LogP contribution in [0.15, 0.2) is 60.7 Å². The van der Waals surface area contributed by atoms with Crippen molar-refractivity contribution < 1.29 is 22.7 Å². The predicted molar refractivity (Wildman–Crippen MR) is 151 cm³/mol. The number of morpholine rings is 1. The number of sulfonamides is 1. The number of pyridine rings is 1. The van der Waals surface area contributed by atoms with E-state index in [2.05, 4.69) is 10.0 Å². The number of nitrogens with one attached hydrogen (secondary N) is 2. The molecule has 9 nitrogen and oxygen atoms in total. The molecule has 1 aliphatic heterocycles. The average Bonchev–Trinajstić information content (AvgIpc) is 2.88. The van der Waals surface area contributed by atoms with Gasteiger partial charge in [-0.3, -0.25) is 9.52 Å². The molecule has 1 aliphatic rings. The molecule has 1 aromatic heterocycles. The molecule has 0 radical (unpaired) electrons. The van der Waals surface area contributed by atoms with Crippen molar-refractivity contribution in [1.82, 2.24) is 9.88 Å². The molecule has 194 valence electrons. The molecule has 5 rings (SSSR count). The summed E-state index contributed by atoms with van der Waals surface area (Å²) < 4.78 is 36.7. The van der Waals surface area contributed by atoms with Crippen molar-refractivity contribution in [2.45, 2.75) is 0 Å². The van der Waals surface area contributed by atoms with E-state index in [0.717, 1.165) is 28.2 Å². The highest BCUT2D eigenvalue weighted by molar-refractivity contribution is 8.93. The normalized spacial score (nSPS) is 13.7. The van der Waals surface area contributed by atoms with Crippen LogP contribution in [0.3, 0.4) is 0 Å². The van der Waals surface area contributed by atoms with Crippen molar-refractivity contribution in [3.63, 3.8) is 0 Å². The van der Waals surface area contributed by atoms with Gasteiger partial charge in [0.05, 0.1) is 60.2 Å². The van der Waals surface area contributed by atoms with Gasteiger partial charge >= 0.3 is 0 Å². The summed E-state index contributed by atoms with van der Waals surface area (Å²) in [6.45, 7) is 2.12. The molecule has 0 unspecified atom stereocenters. The summed E-state index contributed by atoms with van der Waals surface area (Å²) in [4.78, 5) is 20.1. The van der Waals surface area contributed by atoms with Gasteiger partial charge in [-0.25, -0.2) is 13.4 Å². The molecule has 1 fully saturated rings. The summed E-state index contributed by atoms with van der Waals surface area (Å²) in [5, 5.41) is 5.12. The number of hydrogen-bond donors (Lipinski definition) is 2. The first-order valence-corrected chi connectivity index (χ1v) is 13.3. The van der Waals surface area contributed by atoms with Crippen LogP contribution in [0.1, 0.15) is 10.4 Å². The number of para-hydroxylation sites is 2. The molecular formula is C26H27BrN4O5S. The number of carbonyl (C=O) groups is 1. The second kappa shape index (κ2) is 10.9. The maximum Gasteiger partial charge on any atom is 0.256 e. The predicted octanol–water partition coefficient (Wildman–Crippen LogP) is 4.56. The first-order chi connectivity index (χ1) is 17.3. The minimum atomic E-state index is -3.43. The Morgan fingerprint density at radius 1 is 1.03 bits per heavy atom. The van der Waals surface area contributed by atoms with E-state index in [-0.39, 0.29) is 22.9 Å². The lowest BCUT2D eigenvalue weighted by atomic mass is 10.0. The van der Waals surface area contributed by atoms with E-state index in [9.17, 15) is 13.2 Å². The molecular weight excluding hydrogens is 560 g/mol. The zero-order chi connectivity index (χ0) is 25.3. The molecule has 3 aromatic carbocycles. The molecule has 0 aliphatic carbocycles. The molecule has 0 atom stereocenters. The van der Waals surface area contributed by atoms with E-state index in [1.165, 1.54) is 7.11 Å². The Morgan fingerprint density at radius 3 is 2.49 bits per heavy atom. The minimum Gasteiger partial charge on any atom is -0.494 e. The lowest BCUT2D eigenvalue weighted by Gasteiger charge is -2.27. The Kier molecular flexibility index (Phi) is 7.86. The summed E-state index contributed by atoms with van der Waals surface area (Å²) >= 11 is 0. The number of ether oxygens (including phenoxy) is 2. The second-order valence-electron chi connectivity index (χ2n) is 8.52. The molecule has 11 heteroatoms. The molecule has 1 amide bonds. The van der Waals surface area contributed by atoms with Gasteiger partial charge < -0.3 is 19.7 Å². The summed E-state index contributed by atoms with van der Waals surface area (Å²) in [5.41, 5.74) is 3.67. The zero-order valence-corrected chi connectivity index (χ0v) is 22.9. The van der Waals surface area contributed by atoms with Gasteiger partial charge in [0, 0.05) is 29.9 Å². The summed E-state index contributed by atoms with van der Waals surface area (Å²) in [6.07, 6.45) is 1.09. The number of anilines is 3. The van der Waals surface area contributed by atoms with Crippen LogP contribution in [0.25, 0.3) is 21.8 Å². The van der Waals surface area contributed by atoms with Crippen LogP contribution >= 0.6 is 17.0 Å². The topological polar surface area (TPSA) is 110 Å². The lowest BCUT2D eigenvalue weighted by Crippen LogP contribution is -2.40. The molecule has 0 saturated carbocycles. The first kappa shape index (κ1) is 26.6. The Hall–Kier alpha value is -3.41. The monoisotopic (exact) mass is 586 g/mol. The maximum absolute atomic E-state index is 13.4. The molecule has 2 heterocycles. The molecule has 37 heavy (non-hydrogen) atoms. The van der Waals surface area contributed by atoms with Gasteiger partial charge in [-0.2, -0.15) is 0 Å². The number of methoxy groups -OCH3 is 1. The summed E-state index contributed by atoms with van der Waals surface area (Å²) in [6, 6.07) is 18.3. The van der Waals surface area contributed by atoms with Gasteiger partial charge in [0.1, 0.15) is 5.75 Å². The standard InChI is InChI=1S/C26H26N4O5S.BrH/c1-34-23-16-17(29-36(2,32)33)10-11-22(23)28-24-18-6-3-4-9-21(18)27-25-19(24)7-5-8-20(25)26(31)30-12-14-35-15-13-30;/h3-11,16,29H,12-15H2,1-2H3,(H,27,28);1H. The average molecular weight is 587 g/mol. The zero-order valence-electron chi connectivity index (χ0n) is 20.4. The van der Waals surface area contributed by atoms with Gasteiger partial charge in [-0.05, 0) is 24.3 Å². The fraction of sp³-hybridized carbons (Fsp3) is 0.231. The number of hydrogen-bond acceptors (Lipinski definition) is 7. The fourth-order valence-corrected chi connectivity index (χ4v) is 4.92. The van der Waals surface area contributed by atoms with Crippen molar-refractivity contribution in [1.29, 1.82) is 0 Å². The van der Waals surface area contributed by atoms with E-state index < -0.39 is 10.0 Å². The van der Waals surface area contributed by atoms with Crippen molar-refractivity contribution in [3.8, 4) is 5.75 Å². The van der Waals surface area contributed by atoms with Crippen LogP contribution in [0.4, 0.5) is 17.1 Å². The molecule has 0 bridgehead atoms. The SMILES string of the molecule is Br.COc1cc(NS(C)(=O)=O)ccc1Nc1c2ccccc2nc2c(C(=O)N3CCOCC3)cccc12. The van der Waals surface area contributed by atoms with Crippen molar-refractivity contribution in [3.05, 3.63) is 66.2 Å². The number of amides is 1. The van der Waals surface area contributed by atoms with Crippen molar-refractivity contribution in [2.75, 3.05) is 49.7 Å². The van der Waals surface area contributed by atoms with Crippen LogP contribution in [0.2, 0.25) is 0 Å². The summed E-state index contributed by atoms with van der Waals surface area (Å²) in [7, 11) is -1.91. The molecule has 0 spiro atoms. The number of carbonyl (C=O) groups excluding carboxylic acids is 1. The van der Waals surface area contributed by atoms with Gasteiger partial charge in [0.25, 0.3) is 5.91 Å². The second-order valence-corrected chi connectivity index (χ2v) is 10.3. The van der Waals surface area contributed by atoms with Crippen LogP contribution in [0.5, 0.6) is 5.75 Å². The van der Waals surface area contributed by atoms with Gasteiger partial charge in [0.15, 0.2) is 0 Å². The van der Waals surface area contributed by atoms with E-state index in [1.807, 2.05) is 36.4 Å². The number of benzene rings is 3. The number of rotatable bonds is 6. The van der Waals surface area contributed by atoms with E-state index in [1.54, 1.807) is 29.2 Å². The van der Waals surface area contributed by atoms with Crippen molar-refractivity contribution in [2.24, 2.45) is 0 Å². The van der Waals surface area contributed by atoms with E-state index >= 15 is 0 Å². The lowest BCUT2D eigenvalue weighted by molar-refractivity contribution is 0.0304. The van der Waals surface area contributed by atoms with Gasteiger partial charge in [-0.15, -0.1) is 17.0 Å². The number of fused-ring (bicyclic) bond motifs is 2. The third-order valence-electron chi connectivity index (χ3n) is 6.00. The smallest absolute Gasteiger partial charge is 0.256 e. The highest BCUT2D eigenvalue weighted by atomic mass is 79.9. The number of nitrogens with zero attached hydrogens (tertiary/aromatic N) is 2.